The summed E-state index contributed by atoms with van der Waals surface area (Å²) < 4.78 is 18.9. The molecule has 3 atom stereocenters. The van der Waals surface area contributed by atoms with E-state index < -0.39 is 12.2 Å². The third kappa shape index (κ3) is 6.34. The molecule has 1 saturated heterocycles. The topological polar surface area (TPSA) is 80.0 Å². The lowest BCUT2D eigenvalue weighted by Crippen LogP contribution is -2.49. The molecular weight excluding hydrogens is 481 g/mol. The fourth-order valence-corrected chi connectivity index (χ4v) is 4.59. The normalized spacial score (nSPS) is 17.9. The molecule has 2 N–H and O–H groups in total. The molecule has 1 aliphatic rings. The lowest BCUT2D eigenvalue weighted by Gasteiger charge is -2.44. The highest BCUT2D eigenvalue weighted by Crippen LogP contribution is 2.35. The van der Waals surface area contributed by atoms with Gasteiger partial charge in [0.2, 0.25) is 0 Å². The molecule has 0 bridgehead atoms. The van der Waals surface area contributed by atoms with Crippen LogP contribution in [0.25, 0.3) is 0 Å². The number of β-amino-alcohol motifs (C(OH)–C–C–N with tert-alkyl or cyclic N) is 1. The first-order chi connectivity index (χ1) is 17.3. The second-order valence-electron chi connectivity index (χ2n) is 9.04. The van der Waals surface area contributed by atoms with Crippen LogP contribution in [0, 0.1) is 17.1 Å². The highest BCUT2D eigenvalue weighted by molar-refractivity contribution is 6.30. The molecule has 36 heavy (non-hydrogen) atoms. The Bertz CT molecular complexity index is 1200. The minimum atomic E-state index is -0.747. The molecule has 1 fully saturated rings. The van der Waals surface area contributed by atoms with Crippen LogP contribution in [-0.4, -0.2) is 54.0 Å². The number of nitrogens with zero attached hydrogens (tertiary/aromatic N) is 3. The van der Waals surface area contributed by atoms with Gasteiger partial charge in [-0.3, -0.25) is 4.90 Å². The number of piperazine rings is 1. The summed E-state index contributed by atoms with van der Waals surface area (Å²) in [6.45, 7) is 4.11. The largest absolute Gasteiger partial charge is 0.491 e. The van der Waals surface area contributed by atoms with Gasteiger partial charge in [-0.05, 0) is 60.5 Å². The van der Waals surface area contributed by atoms with Gasteiger partial charge >= 0.3 is 0 Å². The monoisotopic (exact) mass is 509 g/mol. The molecule has 0 spiro atoms. The molecule has 3 aromatic carbocycles. The smallest absolute Gasteiger partial charge is 0.123 e. The summed E-state index contributed by atoms with van der Waals surface area (Å²) in [4.78, 5) is 4.37. The van der Waals surface area contributed by atoms with Crippen molar-refractivity contribution in [1.29, 1.82) is 5.26 Å². The van der Waals surface area contributed by atoms with Crippen molar-refractivity contribution in [2.75, 3.05) is 37.7 Å². The molecule has 6 nitrogen and oxygen atoms in total. The van der Waals surface area contributed by atoms with E-state index in [-0.39, 0.29) is 18.5 Å². The van der Waals surface area contributed by atoms with E-state index in [1.54, 1.807) is 25.1 Å². The molecule has 0 amide bonds. The predicted molar refractivity (Wildman–Crippen MR) is 138 cm³/mol. The zero-order chi connectivity index (χ0) is 25.7. The van der Waals surface area contributed by atoms with Crippen molar-refractivity contribution in [2.45, 2.75) is 25.2 Å². The van der Waals surface area contributed by atoms with Crippen LogP contribution in [0.2, 0.25) is 5.02 Å². The SMILES string of the molecule is C[C@H](O)COc1ccc(N2CCN(C[C@@H](O)c3ccc(F)cc3)C[C@H]2c2ccc(Cl)cc2)c(C#N)c1. The molecule has 188 valence electrons. The molecule has 1 heterocycles. The summed E-state index contributed by atoms with van der Waals surface area (Å²) in [6.07, 6.45) is -1.36. The van der Waals surface area contributed by atoms with Gasteiger partial charge in [-0.1, -0.05) is 35.9 Å². The number of rotatable bonds is 8. The Kier molecular flexibility index (Phi) is 8.44. The first-order valence-electron chi connectivity index (χ1n) is 11.9. The summed E-state index contributed by atoms with van der Waals surface area (Å²) >= 11 is 6.14. The molecule has 0 saturated carbocycles. The maximum atomic E-state index is 13.3. The Morgan fingerprint density at radius 1 is 1.08 bits per heavy atom. The zero-order valence-corrected chi connectivity index (χ0v) is 20.8. The Hall–Kier alpha value is -3.15. The van der Waals surface area contributed by atoms with Crippen LogP contribution in [0.1, 0.15) is 35.8 Å². The Labute approximate surface area is 215 Å². The van der Waals surface area contributed by atoms with Crippen LogP contribution >= 0.6 is 11.6 Å². The quantitative estimate of drug-likeness (QED) is 0.458. The summed E-state index contributed by atoms with van der Waals surface area (Å²) in [5.41, 5.74) is 2.98. The molecular formula is C28H29ClFN3O3. The first kappa shape index (κ1) is 25.9. The summed E-state index contributed by atoms with van der Waals surface area (Å²) in [7, 11) is 0. The number of ether oxygens (including phenoxy) is 1. The highest BCUT2D eigenvalue weighted by Gasteiger charge is 2.31. The van der Waals surface area contributed by atoms with Crippen LogP contribution in [0.5, 0.6) is 5.75 Å². The molecule has 8 heteroatoms. The van der Waals surface area contributed by atoms with Gasteiger partial charge in [-0.15, -0.1) is 0 Å². The summed E-state index contributed by atoms with van der Waals surface area (Å²) in [5, 5.41) is 30.8. The molecule has 0 radical (unpaired) electrons. The van der Waals surface area contributed by atoms with E-state index in [1.807, 2.05) is 36.4 Å². The van der Waals surface area contributed by atoms with E-state index in [1.165, 1.54) is 12.1 Å². The number of aliphatic hydroxyl groups is 2. The lowest BCUT2D eigenvalue weighted by molar-refractivity contribution is 0.100. The fraction of sp³-hybridized carbons (Fsp3) is 0.321. The van der Waals surface area contributed by atoms with Crippen molar-refractivity contribution >= 4 is 17.3 Å². The highest BCUT2D eigenvalue weighted by atomic mass is 35.5. The number of halogens is 2. The van der Waals surface area contributed by atoms with Crippen LogP contribution < -0.4 is 9.64 Å². The van der Waals surface area contributed by atoms with E-state index in [0.29, 0.717) is 48.1 Å². The van der Waals surface area contributed by atoms with Gasteiger partial charge in [0, 0.05) is 31.2 Å². The minimum absolute atomic E-state index is 0.0900. The van der Waals surface area contributed by atoms with Crippen molar-refractivity contribution in [1.82, 2.24) is 4.90 Å². The van der Waals surface area contributed by atoms with Gasteiger partial charge in [0.25, 0.3) is 0 Å². The van der Waals surface area contributed by atoms with Gasteiger partial charge in [0.1, 0.15) is 24.2 Å². The van der Waals surface area contributed by atoms with Crippen LogP contribution in [0.3, 0.4) is 0 Å². The second-order valence-corrected chi connectivity index (χ2v) is 9.47. The zero-order valence-electron chi connectivity index (χ0n) is 20.0. The van der Waals surface area contributed by atoms with E-state index >= 15 is 0 Å². The second kappa shape index (κ2) is 11.7. The van der Waals surface area contributed by atoms with Gasteiger partial charge in [-0.2, -0.15) is 5.26 Å². The standard InChI is InChI=1S/C28H29ClFN3O3/c1-19(34)18-36-25-10-11-26(22(14-25)15-31)33-13-12-32(16-27(33)20-2-6-23(29)7-3-20)17-28(35)21-4-8-24(30)9-5-21/h2-11,14,19,27-28,34-35H,12-13,16-18H2,1H3/t19-,27-,28+/m0/s1. The van der Waals surface area contributed by atoms with Crippen molar-refractivity contribution in [3.8, 4) is 11.8 Å². The molecule has 0 aromatic heterocycles. The Morgan fingerprint density at radius 3 is 2.47 bits per heavy atom. The number of nitriles is 1. The molecule has 1 aliphatic heterocycles. The van der Waals surface area contributed by atoms with Crippen LogP contribution in [-0.2, 0) is 0 Å². The van der Waals surface area contributed by atoms with E-state index in [2.05, 4.69) is 15.9 Å². The van der Waals surface area contributed by atoms with Crippen LogP contribution in [0.4, 0.5) is 10.1 Å². The van der Waals surface area contributed by atoms with E-state index in [0.717, 1.165) is 11.3 Å². The van der Waals surface area contributed by atoms with Gasteiger partial charge in [-0.25, -0.2) is 4.39 Å². The van der Waals surface area contributed by atoms with Crippen molar-refractivity contribution in [2.24, 2.45) is 0 Å². The van der Waals surface area contributed by atoms with E-state index in [9.17, 15) is 19.9 Å². The molecule has 0 aliphatic carbocycles. The van der Waals surface area contributed by atoms with Crippen LogP contribution in [0.15, 0.2) is 66.7 Å². The molecule has 3 aromatic rings. The van der Waals surface area contributed by atoms with Crippen molar-refractivity contribution < 1.29 is 19.3 Å². The molecule has 4 rings (SSSR count). The number of hydrogen-bond acceptors (Lipinski definition) is 6. The number of benzene rings is 3. The van der Waals surface area contributed by atoms with Crippen molar-refractivity contribution in [3.05, 3.63) is 94.3 Å². The average Bonchev–Trinajstić information content (AvgIpc) is 2.88. The third-order valence-electron chi connectivity index (χ3n) is 6.29. The number of hydrogen-bond donors (Lipinski definition) is 2. The van der Waals surface area contributed by atoms with Crippen molar-refractivity contribution in [3.63, 3.8) is 0 Å². The third-order valence-corrected chi connectivity index (χ3v) is 6.55. The Morgan fingerprint density at radius 2 is 1.81 bits per heavy atom. The van der Waals surface area contributed by atoms with Gasteiger partial charge in [0.05, 0.1) is 29.5 Å². The lowest BCUT2D eigenvalue weighted by atomic mass is 9.99. The maximum Gasteiger partial charge on any atom is 0.123 e. The molecule has 0 unspecified atom stereocenters. The fourth-order valence-electron chi connectivity index (χ4n) is 4.46. The van der Waals surface area contributed by atoms with E-state index in [4.69, 9.17) is 16.3 Å². The Balaban J connectivity index is 1.58. The predicted octanol–water partition coefficient (Wildman–Crippen LogP) is 4.71. The van der Waals surface area contributed by atoms with Gasteiger partial charge in [0.15, 0.2) is 0 Å². The summed E-state index contributed by atoms with van der Waals surface area (Å²) in [6, 6.07) is 21.1. The average molecular weight is 510 g/mol. The number of aliphatic hydroxyl groups excluding tert-OH is 2. The minimum Gasteiger partial charge on any atom is -0.491 e. The first-order valence-corrected chi connectivity index (χ1v) is 12.2. The maximum absolute atomic E-state index is 13.3. The summed E-state index contributed by atoms with van der Waals surface area (Å²) in [5.74, 6) is 0.193. The van der Waals surface area contributed by atoms with Gasteiger partial charge < -0.3 is 19.8 Å². The number of anilines is 1.